The molecule has 2 aromatic heterocycles. The Morgan fingerprint density at radius 2 is 2.09 bits per heavy atom. The van der Waals surface area contributed by atoms with Gasteiger partial charge >= 0.3 is 0 Å². The van der Waals surface area contributed by atoms with Crippen LogP contribution < -0.4 is 0 Å². The highest BCUT2D eigenvalue weighted by molar-refractivity contribution is 5.79. The lowest BCUT2D eigenvalue weighted by molar-refractivity contribution is 0.180. The van der Waals surface area contributed by atoms with Gasteiger partial charge in [-0.15, -0.1) is 0 Å². The fourth-order valence-electron chi connectivity index (χ4n) is 2.59. The van der Waals surface area contributed by atoms with E-state index >= 15 is 0 Å². The summed E-state index contributed by atoms with van der Waals surface area (Å²) in [5.41, 5.74) is 2.21. The molecule has 0 saturated carbocycles. The van der Waals surface area contributed by atoms with E-state index in [-0.39, 0.29) is 12.4 Å². The van der Waals surface area contributed by atoms with E-state index in [4.69, 9.17) is 0 Å². The highest BCUT2D eigenvalue weighted by atomic mass is 19.1. The number of halogens is 1. The van der Waals surface area contributed by atoms with Crippen molar-refractivity contribution in [3.8, 4) is 0 Å². The number of benzene rings is 1. The maximum absolute atomic E-state index is 13.9. The van der Waals surface area contributed by atoms with Crippen LogP contribution in [0.4, 0.5) is 4.39 Å². The predicted molar refractivity (Wildman–Crippen MR) is 86.1 cm³/mol. The summed E-state index contributed by atoms with van der Waals surface area (Å²) in [6, 6.07) is 8.72. The number of para-hydroxylation sites is 1. The minimum atomic E-state index is -0.315. The van der Waals surface area contributed by atoms with E-state index in [9.17, 15) is 9.50 Å². The second kappa shape index (κ2) is 6.85. The van der Waals surface area contributed by atoms with Crippen LogP contribution in [0.3, 0.4) is 0 Å². The molecule has 2 heterocycles. The summed E-state index contributed by atoms with van der Waals surface area (Å²) in [5, 5.41) is 10.1. The zero-order valence-electron chi connectivity index (χ0n) is 13.0. The highest BCUT2D eigenvalue weighted by Crippen LogP contribution is 2.17. The van der Waals surface area contributed by atoms with Gasteiger partial charge in [-0.3, -0.25) is 4.90 Å². The van der Waals surface area contributed by atoms with Crippen molar-refractivity contribution in [2.75, 3.05) is 13.2 Å². The first kappa shape index (κ1) is 15.6. The lowest BCUT2D eigenvalue weighted by Gasteiger charge is -2.21. The van der Waals surface area contributed by atoms with Crippen LogP contribution in [-0.2, 0) is 20.1 Å². The SMILES string of the molecule is Cn1cncc1CN(CCO)Cc1ccc2cccc(F)c2n1. The molecule has 5 nitrogen and oxygen atoms in total. The van der Waals surface area contributed by atoms with Crippen molar-refractivity contribution in [1.82, 2.24) is 19.4 Å². The largest absolute Gasteiger partial charge is 0.395 e. The van der Waals surface area contributed by atoms with Crippen LogP contribution in [0.15, 0.2) is 42.9 Å². The topological polar surface area (TPSA) is 54.2 Å². The molecule has 6 heteroatoms. The summed E-state index contributed by atoms with van der Waals surface area (Å²) in [6.07, 6.45) is 3.55. The quantitative estimate of drug-likeness (QED) is 0.757. The van der Waals surface area contributed by atoms with Gasteiger partial charge in [-0.1, -0.05) is 18.2 Å². The first-order valence-corrected chi connectivity index (χ1v) is 7.50. The van der Waals surface area contributed by atoms with Crippen molar-refractivity contribution in [3.05, 3.63) is 60.1 Å². The molecule has 0 spiro atoms. The molecule has 0 unspecified atom stereocenters. The van der Waals surface area contributed by atoms with Gasteiger partial charge in [0.25, 0.3) is 0 Å². The average molecular weight is 314 g/mol. The fraction of sp³-hybridized carbons (Fsp3) is 0.294. The maximum Gasteiger partial charge on any atom is 0.149 e. The summed E-state index contributed by atoms with van der Waals surface area (Å²) in [4.78, 5) is 10.6. The number of aryl methyl sites for hydroxylation is 1. The summed E-state index contributed by atoms with van der Waals surface area (Å²) >= 11 is 0. The third-order valence-corrected chi connectivity index (χ3v) is 3.83. The Morgan fingerprint density at radius 3 is 2.83 bits per heavy atom. The van der Waals surface area contributed by atoms with E-state index in [2.05, 4.69) is 14.9 Å². The van der Waals surface area contributed by atoms with Crippen LogP contribution in [-0.4, -0.2) is 37.7 Å². The Bertz CT molecular complexity index is 802. The van der Waals surface area contributed by atoms with Gasteiger partial charge in [0.15, 0.2) is 0 Å². The van der Waals surface area contributed by atoms with Gasteiger partial charge in [0, 0.05) is 38.3 Å². The minimum Gasteiger partial charge on any atom is -0.395 e. The first-order chi connectivity index (χ1) is 11.2. The Balaban J connectivity index is 1.82. The highest BCUT2D eigenvalue weighted by Gasteiger charge is 2.11. The summed E-state index contributed by atoms with van der Waals surface area (Å²) in [7, 11) is 1.93. The average Bonchev–Trinajstić information content (AvgIpc) is 2.93. The van der Waals surface area contributed by atoms with E-state index in [0.717, 1.165) is 16.8 Å². The predicted octanol–water partition coefficient (Wildman–Crippen LogP) is 2.10. The third kappa shape index (κ3) is 3.55. The van der Waals surface area contributed by atoms with Gasteiger partial charge in [0.2, 0.25) is 0 Å². The number of aliphatic hydroxyl groups excluding tert-OH is 1. The molecule has 0 aliphatic heterocycles. The molecule has 3 rings (SSSR count). The van der Waals surface area contributed by atoms with Gasteiger partial charge < -0.3 is 9.67 Å². The third-order valence-electron chi connectivity index (χ3n) is 3.83. The number of rotatable bonds is 6. The molecule has 0 radical (unpaired) electrons. The van der Waals surface area contributed by atoms with Crippen molar-refractivity contribution < 1.29 is 9.50 Å². The van der Waals surface area contributed by atoms with Crippen molar-refractivity contribution in [1.29, 1.82) is 0 Å². The first-order valence-electron chi connectivity index (χ1n) is 7.50. The molecule has 0 atom stereocenters. The molecule has 23 heavy (non-hydrogen) atoms. The number of imidazole rings is 1. The van der Waals surface area contributed by atoms with Crippen molar-refractivity contribution in [3.63, 3.8) is 0 Å². The number of fused-ring (bicyclic) bond motifs is 1. The van der Waals surface area contributed by atoms with Crippen LogP contribution in [0.1, 0.15) is 11.4 Å². The second-order valence-electron chi connectivity index (χ2n) is 5.54. The van der Waals surface area contributed by atoms with Gasteiger partial charge in [0.1, 0.15) is 11.3 Å². The molecular formula is C17H19FN4O. The van der Waals surface area contributed by atoms with Gasteiger partial charge in [-0.25, -0.2) is 14.4 Å². The molecule has 0 amide bonds. The smallest absolute Gasteiger partial charge is 0.149 e. The van der Waals surface area contributed by atoms with E-state index in [1.54, 1.807) is 18.6 Å². The molecule has 0 aliphatic carbocycles. The van der Waals surface area contributed by atoms with Crippen LogP contribution in [0.2, 0.25) is 0 Å². The number of hydrogen-bond donors (Lipinski definition) is 1. The minimum absolute atomic E-state index is 0.0554. The summed E-state index contributed by atoms with van der Waals surface area (Å²) in [5.74, 6) is -0.315. The molecule has 0 saturated heterocycles. The van der Waals surface area contributed by atoms with Crippen molar-refractivity contribution in [2.45, 2.75) is 13.1 Å². The summed E-state index contributed by atoms with van der Waals surface area (Å²) in [6.45, 7) is 1.76. The number of hydrogen-bond acceptors (Lipinski definition) is 4. The standard InChI is InChI=1S/C17H19FN4O/c1-21-12-19-9-15(21)11-22(7-8-23)10-14-6-5-13-3-2-4-16(18)17(13)20-14/h2-6,9,12,23H,7-8,10-11H2,1H3. The zero-order chi connectivity index (χ0) is 16.2. The van der Waals surface area contributed by atoms with Crippen molar-refractivity contribution in [2.24, 2.45) is 7.05 Å². The number of aromatic nitrogens is 3. The zero-order valence-corrected chi connectivity index (χ0v) is 13.0. The number of nitrogens with zero attached hydrogens (tertiary/aromatic N) is 4. The molecule has 120 valence electrons. The molecule has 3 aromatic rings. The molecule has 1 N–H and O–H groups in total. The number of aliphatic hydroxyl groups is 1. The van der Waals surface area contributed by atoms with Crippen LogP contribution in [0.25, 0.3) is 10.9 Å². The van der Waals surface area contributed by atoms with Crippen LogP contribution in [0, 0.1) is 5.82 Å². The van der Waals surface area contributed by atoms with Crippen LogP contribution in [0.5, 0.6) is 0 Å². The summed E-state index contributed by atoms with van der Waals surface area (Å²) < 4.78 is 15.8. The second-order valence-corrected chi connectivity index (χ2v) is 5.54. The number of pyridine rings is 1. The molecular weight excluding hydrogens is 295 g/mol. The van der Waals surface area contributed by atoms with Gasteiger partial charge in [0.05, 0.1) is 24.3 Å². The normalized spacial score (nSPS) is 11.5. The van der Waals surface area contributed by atoms with E-state index in [1.165, 1.54) is 6.07 Å². The van der Waals surface area contributed by atoms with Gasteiger partial charge in [-0.2, -0.15) is 0 Å². The van der Waals surface area contributed by atoms with E-state index in [1.807, 2.05) is 29.8 Å². The van der Waals surface area contributed by atoms with Crippen molar-refractivity contribution >= 4 is 10.9 Å². The molecule has 0 aliphatic rings. The Labute approximate surface area is 134 Å². The Kier molecular flexibility index (Phi) is 4.64. The lowest BCUT2D eigenvalue weighted by Crippen LogP contribution is -2.27. The molecule has 0 fully saturated rings. The lowest BCUT2D eigenvalue weighted by atomic mass is 10.2. The van der Waals surface area contributed by atoms with E-state index < -0.39 is 0 Å². The Hall–Kier alpha value is -2.31. The van der Waals surface area contributed by atoms with Crippen LogP contribution >= 0.6 is 0 Å². The fourth-order valence-corrected chi connectivity index (χ4v) is 2.59. The van der Waals surface area contributed by atoms with Gasteiger partial charge in [-0.05, 0) is 12.1 Å². The van der Waals surface area contributed by atoms with E-state index in [0.29, 0.717) is 25.2 Å². The monoisotopic (exact) mass is 314 g/mol. The molecule has 0 bridgehead atoms. The Morgan fingerprint density at radius 1 is 1.22 bits per heavy atom. The molecule has 1 aromatic carbocycles. The maximum atomic E-state index is 13.9.